The number of phenols is 1. The van der Waals surface area contributed by atoms with Crippen molar-refractivity contribution in [3.05, 3.63) is 18.2 Å². The van der Waals surface area contributed by atoms with E-state index in [0.29, 0.717) is 11.4 Å². The monoisotopic (exact) mass is 235 g/mol. The van der Waals surface area contributed by atoms with Gasteiger partial charge in [-0.2, -0.15) is 0 Å². The van der Waals surface area contributed by atoms with Gasteiger partial charge >= 0.3 is 6.03 Å². The first-order valence-electron chi connectivity index (χ1n) is 5.81. The van der Waals surface area contributed by atoms with Crippen LogP contribution in [0.5, 0.6) is 5.75 Å². The molecular weight excluding hydrogens is 218 g/mol. The molecule has 1 saturated carbocycles. The van der Waals surface area contributed by atoms with E-state index in [-0.39, 0.29) is 17.8 Å². The Labute approximate surface area is 100 Å². The number of hydrogen-bond acceptors (Lipinski definition) is 3. The van der Waals surface area contributed by atoms with Crippen molar-refractivity contribution in [1.82, 2.24) is 5.32 Å². The minimum Gasteiger partial charge on any atom is -0.508 e. The van der Waals surface area contributed by atoms with Gasteiger partial charge < -0.3 is 21.5 Å². The molecule has 17 heavy (non-hydrogen) atoms. The van der Waals surface area contributed by atoms with Crippen molar-refractivity contribution in [3.63, 3.8) is 0 Å². The topological polar surface area (TPSA) is 87.4 Å². The summed E-state index contributed by atoms with van der Waals surface area (Å²) in [6.07, 6.45) is 4.43. The Hall–Kier alpha value is -1.91. The lowest BCUT2D eigenvalue weighted by Gasteiger charge is -2.14. The van der Waals surface area contributed by atoms with Crippen LogP contribution in [0.25, 0.3) is 0 Å². The van der Waals surface area contributed by atoms with Crippen LogP contribution in [0.3, 0.4) is 0 Å². The third kappa shape index (κ3) is 3.03. The lowest BCUT2D eigenvalue weighted by molar-refractivity contribution is 0.248. The van der Waals surface area contributed by atoms with E-state index in [1.165, 1.54) is 25.0 Å². The lowest BCUT2D eigenvalue weighted by Crippen LogP contribution is -2.36. The van der Waals surface area contributed by atoms with Crippen LogP contribution in [0, 0.1) is 0 Å². The fraction of sp³-hybridized carbons (Fsp3) is 0.417. The molecule has 0 spiro atoms. The van der Waals surface area contributed by atoms with Crippen molar-refractivity contribution in [2.24, 2.45) is 0 Å². The molecule has 1 aromatic carbocycles. The van der Waals surface area contributed by atoms with Crippen LogP contribution in [0.4, 0.5) is 16.2 Å². The van der Waals surface area contributed by atoms with Gasteiger partial charge in [0.2, 0.25) is 0 Å². The van der Waals surface area contributed by atoms with Crippen molar-refractivity contribution in [3.8, 4) is 5.75 Å². The van der Waals surface area contributed by atoms with Gasteiger partial charge in [-0.3, -0.25) is 0 Å². The van der Waals surface area contributed by atoms with Gasteiger partial charge in [0.25, 0.3) is 0 Å². The molecule has 0 saturated heterocycles. The zero-order valence-corrected chi connectivity index (χ0v) is 9.57. The maximum atomic E-state index is 11.7. The number of phenolic OH excluding ortho intramolecular Hbond substituents is 1. The van der Waals surface area contributed by atoms with Gasteiger partial charge in [-0.25, -0.2) is 4.79 Å². The largest absolute Gasteiger partial charge is 0.508 e. The number of carbonyl (C=O) groups is 1. The maximum Gasteiger partial charge on any atom is 0.319 e. The minimum atomic E-state index is -0.241. The summed E-state index contributed by atoms with van der Waals surface area (Å²) in [4.78, 5) is 11.7. The van der Waals surface area contributed by atoms with Crippen LogP contribution in [0.2, 0.25) is 0 Å². The zero-order valence-electron chi connectivity index (χ0n) is 9.57. The number of benzene rings is 1. The van der Waals surface area contributed by atoms with Gasteiger partial charge in [0.15, 0.2) is 0 Å². The van der Waals surface area contributed by atoms with Gasteiger partial charge in [-0.1, -0.05) is 12.8 Å². The van der Waals surface area contributed by atoms with Crippen molar-refractivity contribution in [1.29, 1.82) is 0 Å². The van der Waals surface area contributed by atoms with Crippen LogP contribution >= 0.6 is 0 Å². The number of nitrogens with one attached hydrogen (secondary N) is 2. The van der Waals surface area contributed by atoms with E-state index in [4.69, 9.17) is 5.73 Å². The third-order valence-electron chi connectivity index (χ3n) is 2.97. The molecule has 0 bridgehead atoms. The second-order valence-corrected chi connectivity index (χ2v) is 4.35. The Balaban J connectivity index is 1.93. The first-order chi connectivity index (χ1) is 8.15. The summed E-state index contributed by atoms with van der Waals surface area (Å²) in [5, 5.41) is 14.8. The number of aromatic hydroxyl groups is 1. The first-order valence-corrected chi connectivity index (χ1v) is 5.81. The molecule has 0 atom stereocenters. The van der Waals surface area contributed by atoms with Crippen molar-refractivity contribution >= 4 is 17.4 Å². The molecule has 5 nitrogen and oxygen atoms in total. The fourth-order valence-corrected chi connectivity index (χ4v) is 2.08. The Morgan fingerprint density at radius 2 is 2.06 bits per heavy atom. The lowest BCUT2D eigenvalue weighted by atomic mass is 10.2. The predicted molar refractivity (Wildman–Crippen MR) is 66.9 cm³/mol. The molecule has 1 fully saturated rings. The number of carbonyl (C=O) groups excluding carboxylic acids is 1. The summed E-state index contributed by atoms with van der Waals surface area (Å²) in [6, 6.07) is 4.51. The average molecular weight is 235 g/mol. The van der Waals surface area contributed by atoms with Gasteiger partial charge in [-0.15, -0.1) is 0 Å². The summed E-state index contributed by atoms with van der Waals surface area (Å²) in [5.41, 5.74) is 6.54. The molecule has 0 aliphatic heterocycles. The zero-order chi connectivity index (χ0) is 12.3. The van der Waals surface area contributed by atoms with Crippen molar-refractivity contribution < 1.29 is 9.90 Å². The highest BCUT2D eigenvalue weighted by atomic mass is 16.3. The summed E-state index contributed by atoms with van der Waals surface area (Å²) in [6.45, 7) is 0. The Morgan fingerprint density at radius 1 is 1.35 bits per heavy atom. The molecule has 0 radical (unpaired) electrons. The summed E-state index contributed by atoms with van der Waals surface area (Å²) >= 11 is 0. The van der Waals surface area contributed by atoms with Crippen LogP contribution in [-0.4, -0.2) is 17.2 Å². The third-order valence-corrected chi connectivity index (χ3v) is 2.97. The number of amides is 2. The summed E-state index contributed by atoms with van der Waals surface area (Å²) in [5.74, 6) is 0.0873. The van der Waals surface area contributed by atoms with Crippen LogP contribution in [0.15, 0.2) is 18.2 Å². The second kappa shape index (κ2) is 4.95. The van der Waals surface area contributed by atoms with E-state index in [1.54, 1.807) is 6.07 Å². The number of rotatable bonds is 2. The van der Waals surface area contributed by atoms with Crippen LogP contribution in [-0.2, 0) is 0 Å². The van der Waals surface area contributed by atoms with E-state index in [9.17, 15) is 9.90 Å². The molecule has 2 amide bonds. The molecule has 5 heteroatoms. The molecule has 0 unspecified atom stereocenters. The molecule has 1 aliphatic carbocycles. The Bertz CT molecular complexity index is 414. The van der Waals surface area contributed by atoms with Crippen LogP contribution in [0.1, 0.15) is 25.7 Å². The number of urea groups is 1. The molecule has 5 N–H and O–H groups in total. The highest BCUT2D eigenvalue weighted by Gasteiger charge is 2.17. The van der Waals surface area contributed by atoms with Crippen molar-refractivity contribution in [2.45, 2.75) is 31.7 Å². The van der Waals surface area contributed by atoms with Crippen molar-refractivity contribution in [2.75, 3.05) is 11.1 Å². The van der Waals surface area contributed by atoms with Gasteiger partial charge in [0, 0.05) is 12.1 Å². The predicted octanol–water partition coefficient (Wildman–Crippen LogP) is 2.04. The number of nitrogens with two attached hydrogens (primary N) is 1. The SMILES string of the molecule is Nc1cc(O)ccc1NC(=O)NC1CCCC1. The van der Waals surface area contributed by atoms with E-state index in [0.717, 1.165) is 12.8 Å². The first kappa shape index (κ1) is 11.6. The van der Waals surface area contributed by atoms with Gasteiger partial charge in [0.05, 0.1) is 11.4 Å². The standard InChI is InChI=1S/C12H17N3O2/c13-10-7-9(16)5-6-11(10)15-12(17)14-8-3-1-2-4-8/h5-8,16H,1-4,13H2,(H2,14,15,17). The normalized spacial score (nSPS) is 15.8. The van der Waals surface area contributed by atoms with E-state index < -0.39 is 0 Å². The van der Waals surface area contributed by atoms with E-state index in [2.05, 4.69) is 10.6 Å². The quantitative estimate of drug-likeness (QED) is 0.467. The summed E-state index contributed by atoms with van der Waals surface area (Å²) in [7, 11) is 0. The molecule has 2 rings (SSSR count). The van der Waals surface area contributed by atoms with Gasteiger partial charge in [0.1, 0.15) is 5.75 Å². The summed E-state index contributed by atoms with van der Waals surface area (Å²) < 4.78 is 0. The second-order valence-electron chi connectivity index (χ2n) is 4.35. The highest BCUT2D eigenvalue weighted by molar-refractivity contribution is 5.92. The van der Waals surface area contributed by atoms with E-state index >= 15 is 0 Å². The number of anilines is 2. The molecule has 92 valence electrons. The molecule has 0 aromatic heterocycles. The molecule has 1 aliphatic rings. The molecular formula is C12H17N3O2. The van der Waals surface area contributed by atoms with Gasteiger partial charge in [-0.05, 0) is 25.0 Å². The fourth-order valence-electron chi connectivity index (χ4n) is 2.08. The highest BCUT2D eigenvalue weighted by Crippen LogP contribution is 2.23. The maximum absolute atomic E-state index is 11.7. The minimum absolute atomic E-state index is 0.0873. The number of nitrogen functional groups attached to an aromatic ring is 1. The average Bonchev–Trinajstić information content (AvgIpc) is 2.75. The Kier molecular flexibility index (Phi) is 3.37. The molecule has 0 heterocycles. The van der Waals surface area contributed by atoms with Crippen LogP contribution < -0.4 is 16.4 Å². The smallest absolute Gasteiger partial charge is 0.319 e. The Morgan fingerprint density at radius 3 is 2.71 bits per heavy atom. The number of hydrogen-bond donors (Lipinski definition) is 4. The van der Waals surface area contributed by atoms with E-state index in [1.807, 2.05) is 0 Å². The molecule has 1 aromatic rings.